The molecule has 0 aliphatic rings. The molecule has 2 rings (SSSR count). The summed E-state index contributed by atoms with van der Waals surface area (Å²) in [7, 11) is 1.58. The van der Waals surface area contributed by atoms with Gasteiger partial charge in [-0.25, -0.2) is 9.97 Å². The lowest BCUT2D eigenvalue weighted by molar-refractivity contribution is 0.395. The number of benzene rings is 1. The van der Waals surface area contributed by atoms with Gasteiger partial charge in [0, 0.05) is 12.1 Å². The Kier molecular flexibility index (Phi) is 4.25. The van der Waals surface area contributed by atoms with Crippen LogP contribution in [0.5, 0.6) is 5.88 Å². The molecule has 1 unspecified atom stereocenters. The highest BCUT2D eigenvalue weighted by atomic mass is 16.5. The Morgan fingerprint density at radius 2 is 2.00 bits per heavy atom. The lowest BCUT2D eigenvalue weighted by Crippen LogP contribution is -2.13. The van der Waals surface area contributed by atoms with Gasteiger partial charge < -0.3 is 10.5 Å². The molecule has 0 fully saturated rings. The Morgan fingerprint density at radius 1 is 1.22 bits per heavy atom. The van der Waals surface area contributed by atoms with Gasteiger partial charge in [-0.15, -0.1) is 0 Å². The Labute approximate surface area is 107 Å². The van der Waals surface area contributed by atoms with Crippen LogP contribution in [0.3, 0.4) is 0 Å². The molecule has 1 atom stereocenters. The molecule has 1 aromatic carbocycles. The van der Waals surface area contributed by atoms with E-state index < -0.39 is 0 Å². The van der Waals surface area contributed by atoms with Gasteiger partial charge >= 0.3 is 0 Å². The monoisotopic (exact) mass is 243 g/mol. The van der Waals surface area contributed by atoms with Crippen LogP contribution in [0, 0.1) is 0 Å². The summed E-state index contributed by atoms with van der Waals surface area (Å²) in [6.07, 6.45) is 3.27. The molecule has 94 valence electrons. The van der Waals surface area contributed by atoms with E-state index in [9.17, 15) is 0 Å². The van der Waals surface area contributed by atoms with E-state index in [1.54, 1.807) is 13.2 Å². The number of nitrogens with zero attached hydrogens (tertiary/aromatic N) is 2. The van der Waals surface area contributed by atoms with Gasteiger partial charge in [-0.05, 0) is 18.4 Å². The van der Waals surface area contributed by atoms with Gasteiger partial charge in [0.1, 0.15) is 6.33 Å². The van der Waals surface area contributed by atoms with E-state index in [1.165, 1.54) is 11.9 Å². The molecule has 1 aromatic heterocycles. The molecule has 4 nitrogen and oxygen atoms in total. The second-order valence-electron chi connectivity index (χ2n) is 4.12. The van der Waals surface area contributed by atoms with Crippen LogP contribution in [0.1, 0.15) is 23.7 Å². The first-order valence-electron chi connectivity index (χ1n) is 5.95. The van der Waals surface area contributed by atoms with E-state index in [4.69, 9.17) is 10.5 Å². The molecule has 4 heteroatoms. The number of hydrogen-bond acceptors (Lipinski definition) is 4. The second-order valence-corrected chi connectivity index (χ2v) is 4.12. The van der Waals surface area contributed by atoms with Gasteiger partial charge in [0.2, 0.25) is 5.88 Å². The molecule has 0 radical (unpaired) electrons. The lowest BCUT2D eigenvalue weighted by Gasteiger charge is -2.11. The minimum atomic E-state index is -0.0953. The summed E-state index contributed by atoms with van der Waals surface area (Å²) in [5, 5.41) is 0. The normalized spacial score (nSPS) is 12.1. The molecule has 0 saturated carbocycles. The summed E-state index contributed by atoms with van der Waals surface area (Å²) in [4.78, 5) is 8.15. The molecule has 18 heavy (non-hydrogen) atoms. The molecule has 0 aliphatic carbocycles. The summed E-state index contributed by atoms with van der Waals surface area (Å²) in [5.41, 5.74) is 8.22. The molecular weight excluding hydrogens is 226 g/mol. The van der Waals surface area contributed by atoms with Crippen molar-refractivity contribution in [3.63, 3.8) is 0 Å². The summed E-state index contributed by atoms with van der Waals surface area (Å²) >= 11 is 0. The molecule has 0 amide bonds. The highest BCUT2D eigenvalue weighted by Crippen LogP contribution is 2.17. The highest BCUT2D eigenvalue weighted by molar-refractivity contribution is 5.18. The predicted octanol–water partition coefficient (Wildman–Crippen LogP) is 2.12. The zero-order valence-electron chi connectivity index (χ0n) is 10.4. The maximum Gasteiger partial charge on any atom is 0.216 e. The summed E-state index contributed by atoms with van der Waals surface area (Å²) in [5.74, 6) is 0.551. The van der Waals surface area contributed by atoms with Gasteiger partial charge in [0.15, 0.2) is 0 Å². The van der Waals surface area contributed by atoms with Crippen LogP contribution >= 0.6 is 0 Å². The van der Waals surface area contributed by atoms with E-state index in [2.05, 4.69) is 22.1 Å². The maximum absolute atomic E-state index is 6.12. The van der Waals surface area contributed by atoms with Gasteiger partial charge in [-0.2, -0.15) is 0 Å². The Morgan fingerprint density at radius 3 is 2.72 bits per heavy atom. The minimum absolute atomic E-state index is 0.0953. The quantitative estimate of drug-likeness (QED) is 0.873. The minimum Gasteiger partial charge on any atom is -0.481 e. The van der Waals surface area contributed by atoms with Gasteiger partial charge in [-0.1, -0.05) is 30.3 Å². The highest BCUT2D eigenvalue weighted by Gasteiger charge is 2.09. The second kappa shape index (κ2) is 6.12. The molecule has 2 aromatic rings. The molecule has 1 heterocycles. The third-order valence-corrected chi connectivity index (χ3v) is 2.84. The van der Waals surface area contributed by atoms with Crippen LogP contribution in [0.4, 0.5) is 0 Å². The number of nitrogens with two attached hydrogens (primary N) is 1. The fraction of sp³-hybridized carbons (Fsp3) is 0.286. The van der Waals surface area contributed by atoms with Crippen LogP contribution in [0.2, 0.25) is 0 Å². The first-order valence-corrected chi connectivity index (χ1v) is 5.95. The molecule has 0 aliphatic heterocycles. The van der Waals surface area contributed by atoms with E-state index in [0.29, 0.717) is 5.88 Å². The van der Waals surface area contributed by atoms with Crippen LogP contribution in [-0.2, 0) is 6.42 Å². The number of methoxy groups -OCH3 is 1. The van der Waals surface area contributed by atoms with E-state index in [1.807, 2.05) is 18.2 Å². The molecular formula is C14H17N3O. The molecule has 2 N–H and O–H groups in total. The van der Waals surface area contributed by atoms with Crippen molar-refractivity contribution < 1.29 is 4.74 Å². The van der Waals surface area contributed by atoms with Crippen molar-refractivity contribution >= 4 is 0 Å². The topological polar surface area (TPSA) is 61.0 Å². The first-order chi connectivity index (χ1) is 8.79. The van der Waals surface area contributed by atoms with Gasteiger partial charge in [-0.3, -0.25) is 0 Å². The van der Waals surface area contributed by atoms with Crippen molar-refractivity contribution in [3.8, 4) is 5.88 Å². The summed E-state index contributed by atoms with van der Waals surface area (Å²) in [6, 6.07) is 12.0. The third kappa shape index (κ3) is 3.28. The van der Waals surface area contributed by atoms with Crippen LogP contribution < -0.4 is 10.5 Å². The van der Waals surface area contributed by atoms with Crippen molar-refractivity contribution in [1.82, 2.24) is 9.97 Å². The van der Waals surface area contributed by atoms with Gasteiger partial charge in [0.05, 0.1) is 12.8 Å². The molecule has 0 spiro atoms. The van der Waals surface area contributed by atoms with Gasteiger partial charge in [0.25, 0.3) is 0 Å². The maximum atomic E-state index is 6.12. The van der Waals surface area contributed by atoms with E-state index >= 15 is 0 Å². The van der Waals surface area contributed by atoms with Crippen molar-refractivity contribution in [1.29, 1.82) is 0 Å². The number of hydrogen-bond donors (Lipinski definition) is 1. The van der Waals surface area contributed by atoms with Crippen molar-refractivity contribution in [2.24, 2.45) is 5.73 Å². The number of aryl methyl sites for hydroxylation is 1. The van der Waals surface area contributed by atoms with Crippen molar-refractivity contribution in [3.05, 3.63) is 54.0 Å². The molecule has 0 saturated heterocycles. The SMILES string of the molecule is COc1cc(C(N)CCc2ccccc2)ncn1. The number of ether oxygens (including phenoxy) is 1. The Hall–Kier alpha value is -1.94. The van der Waals surface area contributed by atoms with Crippen molar-refractivity contribution in [2.45, 2.75) is 18.9 Å². The summed E-state index contributed by atoms with van der Waals surface area (Å²) in [6.45, 7) is 0. The Balaban J connectivity index is 1.97. The fourth-order valence-electron chi connectivity index (χ4n) is 1.78. The standard InChI is InChI=1S/C14H17N3O/c1-18-14-9-13(16-10-17-14)12(15)8-7-11-5-3-2-4-6-11/h2-6,9-10,12H,7-8,15H2,1H3. The lowest BCUT2D eigenvalue weighted by atomic mass is 10.0. The van der Waals surface area contributed by atoms with E-state index in [-0.39, 0.29) is 6.04 Å². The predicted molar refractivity (Wildman–Crippen MR) is 70.3 cm³/mol. The number of rotatable bonds is 5. The van der Waals surface area contributed by atoms with Crippen LogP contribution in [0.15, 0.2) is 42.7 Å². The average Bonchev–Trinajstić information content (AvgIpc) is 2.46. The zero-order chi connectivity index (χ0) is 12.8. The third-order valence-electron chi connectivity index (χ3n) is 2.84. The smallest absolute Gasteiger partial charge is 0.216 e. The largest absolute Gasteiger partial charge is 0.481 e. The Bertz CT molecular complexity index is 487. The molecule has 0 bridgehead atoms. The average molecular weight is 243 g/mol. The van der Waals surface area contributed by atoms with E-state index in [0.717, 1.165) is 18.5 Å². The number of aromatic nitrogens is 2. The fourth-order valence-corrected chi connectivity index (χ4v) is 1.78. The van der Waals surface area contributed by atoms with Crippen LogP contribution in [0.25, 0.3) is 0 Å². The summed E-state index contributed by atoms with van der Waals surface area (Å²) < 4.78 is 5.06. The van der Waals surface area contributed by atoms with Crippen LogP contribution in [-0.4, -0.2) is 17.1 Å². The first kappa shape index (κ1) is 12.5. The van der Waals surface area contributed by atoms with Crippen molar-refractivity contribution in [2.75, 3.05) is 7.11 Å². The zero-order valence-corrected chi connectivity index (χ0v) is 10.4.